The molecule has 2 nitrogen and oxygen atoms in total. The van der Waals surface area contributed by atoms with E-state index in [0.717, 1.165) is 12.1 Å². The van der Waals surface area contributed by atoms with Gasteiger partial charge in [0.25, 0.3) is 0 Å². The summed E-state index contributed by atoms with van der Waals surface area (Å²) in [7, 11) is 0. The molecule has 0 aliphatic carbocycles. The molecule has 0 atom stereocenters. The van der Waals surface area contributed by atoms with Gasteiger partial charge in [0.05, 0.1) is 5.56 Å². The fourth-order valence-electron chi connectivity index (χ4n) is 1.35. The Bertz CT molecular complexity index is 526. The molecule has 0 N–H and O–H groups in total. The average Bonchev–Trinajstić information content (AvgIpc) is 2.64. The number of furan rings is 1. The molecule has 0 aliphatic rings. The Morgan fingerprint density at radius 1 is 1.25 bits per heavy atom. The second kappa shape index (κ2) is 4.09. The third-order valence-corrected chi connectivity index (χ3v) is 2.38. The first-order chi connectivity index (χ1) is 7.61. The first-order valence-electron chi connectivity index (χ1n) is 4.35. The number of hydrogen-bond donors (Lipinski definition) is 1. The molecule has 0 unspecified atom stereocenters. The minimum Gasteiger partial charge on any atom is -0.453 e. The van der Waals surface area contributed by atoms with Crippen molar-refractivity contribution in [2.45, 2.75) is 4.90 Å². The molecule has 82 valence electrons. The second-order valence-corrected chi connectivity index (χ2v) is 3.58. The summed E-state index contributed by atoms with van der Waals surface area (Å²) in [6.07, 6.45) is 0.503. The van der Waals surface area contributed by atoms with Crippen molar-refractivity contribution in [2.24, 2.45) is 0 Å². The molecular weight excluding hydrogens is 234 g/mol. The van der Waals surface area contributed by atoms with Crippen molar-refractivity contribution in [3.8, 4) is 11.3 Å². The number of rotatable bonds is 2. The van der Waals surface area contributed by atoms with Crippen LogP contribution in [0.1, 0.15) is 10.6 Å². The number of hydrogen-bond acceptors (Lipinski definition) is 3. The van der Waals surface area contributed by atoms with Crippen molar-refractivity contribution in [1.82, 2.24) is 0 Å². The molecule has 16 heavy (non-hydrogen) atoms. The van der Waals surface area contributed by atoms with Gasteiger partial charge in [-0.05, 0) is 18.2 Å². The fourth-order valence-corrected chi connectivity index (χ4v) is 1.69. The van der Waals surface area contributed by atoms with E-state index in [4.69, 9.17) is 4.42 Å². The van der Waals surface area contributed by atoms with Crippen molar-refractivity contribution < 1.29 is 18.0 Å². The van der Waals surface area contributed by atoms with E-state index >= 15 is 0 Å². The number of aldehydes is 1. The Balaban J connectivity index is 2.59. The highest BCUT2D eigenvalue weighted by Gasteiger charge is 2.14. The Kier molecular flexibility index (Phi) is 2.78. The van der Waals surface area contributed by atoms with Crippen LogP contribution in [0.3, 0.4) is 0 Å². The summed E-state index contributed by atoms with van der Waals surface area (Å²) in [5.74, 6) is -1.28. The molecule has 2 aromatic rings. The Morgan fingerprint density at radius 3 is 2.56 bits per heavy atom. The molecule has 1 aromatic carbocycles. The van der Waals surface area contributed by atoms with E-state index in [1.807, 2.05) is 0 Å². The van der Waals surface area contributed by atoms with Crippen LogP contribution in [0.25, 0.3) is 11.3 Å². The van der Waals surface area contributed by atoms with E-state index < -0.39 is 11.6 Å². The Hall–Kier alpha value is -1.62. The van der Waals surface area contributed by atoms with Gasteiger partial charge in [0.15, 0.2) is 12.0 Å². The standard InChI is InChI=1S/C11H6F2O2S/c12-6-3-8(13)11(10(16)4-6)9-2-1-7(5-14)15-9/h1-5,16H. The molecule has 0 bridgehead atoms. The largest absolute Gasteiger partial charge is 0.453 e. The van der Waals surface area contributed by atoms with Gasteiger partial charge < -0.3 is 4.42 Å². The van der Waals surface area contributed by atoms with E-state index in [9.17, 15) is 13.6 Å². The van der Waals surface area contributed by atoms with E-state index in [1.165, 1.54) is 12.1 Å². The summed E-state index contributed by atoms with van der Waals surface area (Å²) in [6, 6.07) is 4.64. The highest BCUT2D eigenvalue weighted by Crippen LogP contribution is 2.31. The summed E-state index contributed by atoms with van der Waals surface area (Å²) in [5, 5.41) is 0. The normalized spacial score (nSPS) is 10.4. The number of benzene rings is 1. The maximum absolute atomic E-state index is 13.5. The Labute approximate surface area is 95.3 Å². The SMILES string of the molecule is O=Cc1ccc(-c2c(F)cc(F)cc2S)o1. The minimum atomic E-state index is -0.781. The van der Waals surface area contributed by atoms with Crippen LogP contribution in [0.2, 0.25) is 0 Å². The van der Waals surface area contributed by atoms with E-state index in [0.29, 0.717) is 6.29 Å². The van der Waals surface area contributed by atoms with Gasteiger partial charge >= 0.3 is 0 Å². The van der Waals surface area contributed by atoms with Crippen LogP contribution in [0, 0.1) is 11.6 Å². The average molecular weight is 240 g/mol. The molecule has 5 heteroatoms. The smallest absolute Gasteiger partial charge is 0.185 e. The van der Waals surface area contributed by atoms with Crippen LogP contribution in [0.5, 0.6) is 0 Å². The van der Waals surface area contributed by atoms with E-state index in [2.05, 4.69) is 12.6 Å². The molecule has 1 aromatic heterocycles. The predicted octanol–water partition coefficient (Wildman–Crippen LogP) is 3.33. The summed E-state index contributed by atoms with van der Waals surface area (Å²) in [5.41, 5.74) is 0.0397. The summed E-state index contributed by atoms with van der Waals surface area (Å²) < 4.78 is 31.3. The van der Waals surface area contributed by atoms with E-state index in [1.54, 1.807) is 0 Å². The molecule has 2 rings (SSSR count). The van der Waals surface area contributed by atoms with Crippen LogP contribution < -0.4 is 0 Å². The molecule has 0 saturated heterocycles. The quantitative estimate of drug-likeness (QED) is 0.644. The molecule has 1 heterocycles. The zero-order valence-corrected chi connectivity index (χ0v) is 8.80. The van der Waals surface area contributed by atoms with Crippen LogP contribution in [-0.2, 0) is 0 Å². The van der Waals surface area contributed by atoms with Gasteiger partial charge in [-0.25, -0.2) is 8.78 Å². The lowest BCUT2D eigenvalue weighted by Gasteiger charge is -2.03. The van der Waals surface area contributed by atoms with Crippen molar-refractivity contribution in [1.29, 1.82) is 0 Å². The van der Waals surface area contributed by atoms with Crippen molar-refractivity contribution in [2.75, 3.05) is 0 Å². The zero-order valence-electron chi connectivity index (χ0n) is 7.91. The van der Waals surface area contributed by atoms with Gasteiger partial charge in [-0.1, -0.05) is 0 Å². The topological polar surface area (TPSA) is 30.2 Å². The summed E-state index contributed by atoms with van der Waals surface area (Å²) >= 11 is 3.96. The number of carbonyl (C=O) groups is 1. The third-order valence-electron chi connectivity index (χ3n) is 2.02. The fraction of sp³-hybridized carbons (Fsp3) is 0. The number of thiol groups is 1. The van der Waals surface area contributed by atoms with Gasteiger partial charge in [0.2, 0.25) is 0 Å². The second-order valence-electron chi connectivity index (χ2n) is 3.10. The van der Waals surface area contributed by atoms with Crippen LogP contribution in [0.4, 0.5) is 8.78 Å². The van der Waals surface area contributed by atoms with Crippen LogP contribution in [-0.4, -0.2) is 6.29 Å². The number of halogens is 2. The molecule has 0 spiro atoms. The van der Waals surface area contributed by atoms with Gasteiger partial charge in [-0.3, -0.25) is 4.79 Å². The first kappa shape index (κ1) is 10.9. The molecule has 0 amide bonds. The number of carbonyl (C=O) groups excluding carboxylic acids is 1. The minimum absolute atomic E-state index is 0.0397. The molecule has 0 aliphatic heterocycles. The molecular formula is C11H6F2O2S. The van der Waals surface area contributed by atoms with Crippen LogP contribution in [0.15, 0.2) is 33.6 Å². The van der Waals surface area contributed by atoms with Crippen molar-refractivity contribution >= 4 is 18.9 Å². The predicted molar refractivity (Wildman–Crippen MR) is 56.7 cm³/mol. The highest BCUT2D eigenvalue weighted by atomic mass is 32.1. The van der Waals surface area contributed by atoms with Gasteiger partial charge in [0, 0.05) is 11.0 Å². The van der Waals surface area contributed by atoms with Gasteiger partial charge in [-0.15, -0.1) is 12.6 Å². The maximum atomic E-state index is 13.5. The lowest BCUT2D eigenvalue weighted by atomic mass is 10.1. The van der Waals surface area contributed by atoms with Gasteiger partial charge in [-0.2, -0.15) is 0 Å². The first-order valence-corrected chi connectivity index (χ1v) is 4.80. The van der Waals surface area contributed by atoms with Crippen molar-refractivity contribution in [3.05, 3.63) is 41.7 Å². The monoisotopic (exact) mass is 240 g/mol. The van der Waals surface area contributed by atoms with Crippen molar-refractivity contribution in [3.63, 3.8) is 0 Å². The molecule has 0 radical (unpaired) electrons. The maximum Gasteiger partial charge on any atom is 0.185 e. The van der Waals surface area contributed by atoms with Crippen LogP contribution >= 0.6 is 12.6 Å². The lowest BCUT2D eigenvalue weighted by molar-refractivity contribution is 0.110. The highest BCUT2D eigenvalue weighted by molar-refractivity contribution is 7.80. The third kappa shape index (κ3) is 1.86. The molecule has 0 saturated carbocycles. The van der Waals surface area contributed by atoms with E-state index in [-0.39, 0.29) is 22.0 Å². The Morgan fingerprint density at radius 2 is 2.00 bits per heavy atom. The lowest BCUT2D eigenvalue weighted by Crippen LogP contribution is -1.87. The zero-order chi connectivity index (χ0) is 11.7. The van der Waals surface area contributed by atoms with Gasteiger partial charge in [0.1, 0.15) is 17.4 Å². The molecule has 0 fully saturated rings. The summed E-state index contributed by atoms with van der Waals surface area (Å²) in [6.45, 7) is 0. The summed E-state index contributed by atoms with van der Waals surface area (Å²) in [4.78, 5) is 10.5.